The SMILES string of the molecule is COCC(C)(C(=O)O)c1ccc2c(c1)OCO2. The maximum absolute atomic E-state index is 11.4. The molecule has 0 radical (unpaired) electrons. The highest BCUT2D eigenvalue weighted by molar-refractivity contribution is 5.81. The van der Waals surface area contributed by atoms with Crippen molar-refractivity contribution in [3.05, 3.63) is 23.8 Å². The first-order chi connectivity index (χ1) is 8.08. The Morgan fingerprint density at radius 3 is 2.82 bits per heavy atom. The molecule has 1 unspecified atom stereocenters. The van der Waals surface area contributed by atoms with Gasteiger partial charge in [0, 0.05) is 7.11 Å². The molecule has 0 amide bonds. The molecule has 17 heavy (non-hydrogen) atoms. The first-order valence-corrected chi connectivity index (χ1v) is 5.20. The molecule has 5 heteroatoms. The summed E-state index contributed by atoms with van der Waals surface area (Å²) in [5.74, 6) is 0.281. The minimum absolute atomic E-state index is 0.0992. The molecule has 1 aliphatic rings. The molecule has 5 nitrogen and oxygen atoms in total. The molecule has 0 saturated carbocycles. The fourth-order valence-corrected chi connectivity index (χ4v) is 1.80. The number of hydrogen-bond donors (Lipinski definition) is 1. The van der Waals surface area contributed by atoms with Crippen molar-refractivity contribution < 1.29 is 24.1 Å². The van der Waals surface area contributed by atoms with Gasteiger partial charge in [-0.25, -0.2) is 0 Å². The van der Waals surface area contributed by atoms with E-state index in [0.29, 0.717) is 17.1 Å². The Labute approximate surface area is 98.9 Å². The molecule has 0 bridgehead atoms. The van der Waals surface area contributed by atoms with Crippen molar-refractivity contribution in [1.82, 2.24) is 0 Å². The Balaban J connectivity index is 2.40. The van der Waals surface area contributed by atoms with Crippen LogP contribution in [0, 0.1) is 0 Å². The monoisotopic (exact) mass is 238 g/mol. The Bertz CT molecular complexity index is 443. The zero-order chi connectivity index (χ0) is 12.5. The van der Waals surface area contributed by atoms with Crippen molar-refractivity contribution in [1.29, 1.82) is 0 Å². The van der Waals surface area contributed by atoms with Gasteiger partial charge >= 0.3 is 5.97 Å². The quantitative estimate of drug-likeness (QED) is 0.859. The number of benzene rings is 1. The Hall–Kier alpha value is -1.75. The van der Waals surface area contributed by atoms with Crippen molar-refractivity contribution in [2.75, 3.05) is 20.5 Å². The molecule has 1 N–H and O–H groups in total. The summed E-state index contributed by atoms with van der Waals surface area (Å²) in [6, 6.07) is 5.13. The van der Waals surface area contributed by atoms with Gasteiger partial charge < -0.3 is 19.3 Å². The molecule has 0 saturated heterocycles. The van der Waals surface area contributed by atoms with Crippen LogP contribution in [0.2, 0.25) is 0 Å². The van der Waals surface area contributed by atoms with Gasteiger partial charge in [-0.2, -0.15) is 0 Å². The maximum Gasteiger partial charge on any atom is 0.316 e. The van der Waals surface area contributed by atoms with E-state index in [1.54, 1.807) is 25.1 Å². The van der Waals surface area contributed by atoms with Crippen LogP contribution in [-0.2, 0) is 14.9 Å². The first-order valence-electron chi connectivity index (χ1n) is 5.20. The van der Waals surface area contributed by atoms with Crippen LogP contribution in [0.25, 0.3) is 0 Å². The van der Waals surface area contributed by atoms with Gasteiger partial charge in [-0.1, -0.05) is 6.07 Å². The van der Waals surface area contributed by atoms with E-state index in [-0.39, 0.29) is 13.4 Å². The minimum atomic E-state index is -1.09. The predicted molar refractivity (Wildman–Crippen MR) is 59.4 cm³/mol. The first kappa shape index (κ1) is 11.7. The van der Waals surface area contributed by atoms with E-state index in [1.807, 2.05) is 0 Å². The van der Waals surface area contributed by atoms with Crippen molar-refractivity contribution >= 4 is 5.97 Å². The number of hydrogen-bond acceptors (Lipinski definition) is 4. The number of fused-ring (bicyclic) bond motifs is 1. The summed E-state index contributed by atoms with van der Waals surface area (Å²) in [5.41, 5.74) is -0.452. The van der Waals surface area contributed by atoms with Gasteiger partial charge in [-0.15, -0.1) is 0 Å². The third-order valence-corrected chi connectivity index (χ3v) is 2.91. The van der Waals surface area contributed by atoms with Crippen molar-refractivity contribution in [3.8, 4) is 11.5 Å². The Kier molecular flexibility index (Phi) is 2.93. The average molecular weight is 238 g/mol. The van der Waals surface area contributed by atoms with E-state index in [0.717, 1.165) is 0 Å². The molecule has 1 aliphatic heterocycles. The van der Waals surface area contributed by atoms with Crippen LogP contribution in [0.3, 0.4) is 0 Å². The second kappa shape index (κ2) is 4.25. The number of aliphatic carboxylic acids is 1. The highest BCUT2D eigenvalue weighted by atomic mass is 16.7. The molecule has 2 rings (SSSR count). The standard InChI is InChI=1S/C12H14O5/c1-12(6-15-2,11(13)14)8-3-4-9-10(5-8)17-7-16-9/h3-5H,6-7H2,1-2H3,(H,13,14). The third kappa shape index (κ3) is 1.93. The molecule has 92 valence electrons. The Morgan fingerprint density at radius 1 is 1.47 bits per heavy atom. The van der Waals surface area contributed by atoms with Crippen LogP contribution in [0.4, 0.5) is 0 Å². The topological polar surface area (TPSA) is 65.0 Å². The second-order valence-corrected chi connectivity index (χ2v) is 4.14. The zero-order valence-corrected chi connectivity index (χ0v) is 9.73. The van der Waals surface area contributed by atoms with Crippen LogP contribution in [0.5, 0.6) is 11.5 Å². The van der Waals surface area contributed by atoms with Crippen LogP contribution in [0.1, 0.15) is 12.5 Å². The largest absolute Gasteiger partial charge is 0.481 e. The van der Waals surface area contributed by atoms with Crippen molar-refractivity contribution in [3.63, 3.8) is 0 Å². The van der Waals surface area contributed by atoms with Crippen LogP contribution in [0.15, 0.2) is 18.2 Å². The molecule has 1 heterocycles. The van der Waals surface area contributed by atoms with E-state index in [1.165, 1.54) is 7.11 Å². The summed E-state index contributed by atoms with van der Waals surface area (Å²) in [5, 5.41) is 9.31. The van der Waals surface area contributed by atoms with Gasteiger partial charge in [0.15, 0.2) is 11.5 Å². The minimum Gasteiger partial charge on any atom is -0.481 e. The highest BCUT2D eigenvalue weighted by Crippen LogP contribution is 2.36. The van der Waals surface area contributed by atoms with Gasteiger partial charge in [0.1, 0.15) is 5.41 Å². The number of carboxylic acids is 1. The van der Waals surface area contributed by atoms with Gasteiger partial charge in [-0.05, 0) is 24.6 Å². The van der Waals surface area contributed by atoms with Gasteiger partial charge in [0.05, 0.1) is 6.61 Å². The number of rotatable bonds is 4. The number of methoxy groups -OCH3 is 1. The summed E-state index contributed by atoms with van der Waals surface area (Å²) < 4.78 is 15.4. The number of carbonyl (C=O) groups is 1. The van der Waals surface area contributed by atoms with Crippen LogP contribution in [-0.4, -0.2) is 31.6 Å². The zero-order valence-electron chi connectivity index (χ0n) is 9.73. The lowest BCUT2D eigenvalue weighted by Gasteiger charge is -2.24. The van der Waals surface area contributed by atoms with E-state index >= 15 is 0 Å². The summed E-state index contributed by atoms with van der Waals surface area (Å²) in [6.07, 6.45) is 0. The second-order valence-electron chi connectivity index (χ2n) is 4.14. The van der Waals surface area contributed by atoms with Gasteiger partial charge in [0.2, 0.25) is 6.79 Å². The summed E-state index contributed by atoms with van der Waals surface area (Å²) in [4.78, 5) is 11.4. The molecule has 0 aromatic heterocycles. The van der Waals surface area contributed by atoms with E-state index in [9.17, 15) is 9.90 Å². The highest BCUT2D eigenvalue weighted by Gasteiger charge is 2.36. The molecule has 0 aliphatic carbocycles. The molecular formula is C12H14O5. The smallest absolute Gasteiger partial charge is 0.316 e. The van der Waals surface area contributed by atoms with Crippen LogP contribution >= 0.6 is 0 Å². The van der Waals surface area contributed by atoms with E-state index in [4.69, 9.17) is 14.2 Å². The van der Waals surface area contributed by atoms with Crippen molar-refractivity contribution in [2.45, 2.75) is 12.3 Å². The van der Waals surface area contributed by atoms with Gasteiger partial charge in [-0.3, -0.25) is 4.79 Å². The lowest BCUT2D eigenvalue weighted by atomic mass is 9.83. The fraction of sp³-hybridized carbons (Fsp3) is 0.417. The summed E-state index contributed by atoms with van der Waals surface area (Å²) >= 11 is 0. The maximum atomic E-state index is 11.4. The van der Waals surface area contributed by atoms with E-state index < -0.39 is 11.4 Å². The predicted octanol–water partition coefficient (Wildman–Crippen LogP) is 1.40. The molecular weight excluding hydrogens is 224 g/mol. The van der Waals surface area contributed by atoms with Gasteiger partial charge in [0.25, 0.3) is 0 Å². The summed E-state index contributed by atoms with van der Waals surface area (Å²) in [7, 11) is 1.48. The van der Waals surface area contributed by atoms with E-state index in [2.05, 4.69) is 0 Å². The van der Waals surface area contributed by atoms with Crippen molar-refractivity contribution in [2.24, 2.45) is 0 Å². The molecule has 0 fully saturated rings. The third-order valence-electron chi connectivity index (χ3n) is 2.91. The van der Waals surface area contributed by atoms with Crippen LogP contribution < -0.4 is 9.47 Å². The molecule has 1 aromatic rings. The lowest BCUT2D eigenvalue weighted by molar-refractivity contribution is -0.145. The molecule has 1 atom stereocenters. The Morgan fingerprint density at radius 2 is 2.18 bits per heavy atom. The summed E-state index contributed by atoms with van der Waals surface area (Å²) in [6.45, 7) is 1.89. The normalized spacial score (nSPS) is 16.6. The molecule has 0 spiro atoms. The lowest BCUT2D eigenvalue weighted by Crippen LogP contribution is -2.37. The average Bonchev–Trinajstić information content (AvgIpc) is 2.75. The number of ether oxygens (including phenoxy) is 3. The number of carboxylic acid groups (broad SMARTS) is 1. The fourth-order valence-electron chi connectivity index (χ4n) is 1.80. The molecule has 1 aromatic carbocycles.